The van der Waals surface area contributed by atoms with Crippen molar-refractivity contribution in [1.82, 2.24) is 0 Å². The fraction of sp³-hybridized carbons (Fsp3) is 0.167. The lowest BCUT2D eigenvalue weighted by atomic mass is 10.2. The molecule has 0 aliphatic heterocycles. The zero-order valence-corrected chi connectivity index (χ0v) is 10.6. The van der Waals surface area contributed by atoms with E-state index in [1.54, 1.807) is 18.4 Å². The number of hydrogen-bond donors (Lipinski definition) is 2. The van der Waals surface area contributed by atoms with Crippen molar-refractivity contribution in [3.63, 3.8) is 0 Å². The van der Waals surface area contributed by atoms with Crippen LogP contribution in [0.25, 0.3) is 0 Å². The molecule has 0 saturated carbocycles. The number of rotatable bonds is 4. The van der Waals surface area contributed by atoms with Crippen molar-refractivity contribution in [3.8, 4) is 0 Å². The minimum atomic E-state index is 0.523. The molecule has 0 radical (unpaired) electrons. The second-order valence-corrected chi connectivity index (χ2v) is 4.43. The third-order valence-corrected chi connectivity index (χ3v) is 2.91. The molecule has 0 aliphatic carbocycles. The van der Waals surface area contributed by atoms with E-state index in [9.17, 15) is 0 Å². The van der Waals surface area contributed by atoms with E-state index >= 15 is 0 Å². The number of hydrogen-bond acceptors (Lipinski definition) is 3. The van der Waals surface area contributed by atoms with Gasteiger partial charge in [0.25, 0.3) is 0 Å². The topological polar surface area (TPSA) is 51.2 Å². The van der Waals surface area contributed by atoms with Crippen molar-refractivity contribution >= 4 is 34.6 Å². The Morgan fingerprint density at radius 2 is 1.94 bits per heavy atom. The molecule has 3 N–H and O–H groups in total. The molecule has 0 fully saturated rings. The molecule has 1 aromatic heterocycles. The van der Waals surface area contributed by atoms with Gasteiger partial charge < -0.3 is 15.5 Å². The molecule has 3 nitrogen and oxygen atoms in total. The van der Waals surface area contributed by atoms with E-state index in [2.05, 4.69) is 5.32 Å². The maximum Gasteiger partial charge on any atom is 0.105 e. The molecule has 1 heterocycles. The van der Waals surface area contributed by atoms with Crippen LogP contribution in [0.5, 0.6) is 0 Å². The summed E-state index contributed by atoms with van der Waals surface area (Å²) < 4.78 is 5.23. The van der Waals surface area contributed by atoms with E-state index in [0.717, 1.165) is 12.2 Å². The summed E-state index contributed by atoms with van der Waals surface area (Å²) in [6.07, 6.45) is 2.42. The van der Waals surface area contributed by atoms with Crippen LogP contribution >= 0.6 is 23.2 Å². The molecule has 0 saturated heterocycles. The third kappa shape index (κ3) is 3.08. The second kappa shape index (κ2) is 5.34. The van der Waals surface area contributed by atoms with Crippen LogP contribution in [-0.4, -0.2) is 6.54 Å². The zero-order chi connectivity index (χ0) is 12.3. The van der Waals surface area contributed by atoms with Gasteiger partial charge in [-0.15, -0.1) is 0 Å². The Hall–Kier alpha value is -1.32. The van der Waals surface area contributed by atoms with Crippen LogP contribution in [-0.2, 0) is 6.42 Å². The van der Waals surface area contributed by atoms with Crippen LogP contribution in [0, 0.1) is 0 Å². The average molecular weight is 271 g/mol. The van der Waals surface area contributed by atoms with Crippen LogP contribution in [0.4, 0.5) is 11.4 Å². The minimum Gasteiger partial charge on any atom is -0.469 e. The highest BCUT2D eigenvalue weighted by Gasteiger charge is 2.06. The zero-order valence-electron chi connectivity index (χ0n) is 9.04. The van der Waals surface area contributed by atoms with E-state index in [-0.39, 0.29) is 0 Å². The highest BCUT2D eigenvalue weighted by Crippen LogP contribution is 2.32. The first-order chi connectivity index (χ1) is 8.16. The molecule has 0 aliphatic rings. The van der Waals surface area contributed by atoms with Gasteiger partial charge in [0.2, 0.25) is 0 Å². The van der Waals surface area contributed by atoms with Crippen LogP contribution in [0.15, 0.2) is 34.9 Å². The Bertz CT molecular complexity index is 474. The Kier molecular flexibility index (Phi) is 3.82. The monoisotopic (exact) mass is 270 g/mol. The van der Waals surface area contributed by atoms with Gasteiger partial charge >= 0.3 is 0 Å². The Labute approximate surface area is 110 Å². The fourth-order valence-corrected chi connectivity index (χ4v) is 2.16. The minimum absolute atomic E-state index is 0.523. The number of nitrogens with one attached hydrogen (secondary N) is 1. The number of benzene rings is 1. The number of anilines is 2. The molecule has 2 rings (SSSR count). The lowest BCUT2D eigenvalue weighted by Gasteiger charge is -2.10. The average Bonchev–Trinajstić information content (AvgIpc) is 2.74. The molecule has 0 atom stereocenters. The summed E-state index contributed by atoms with van der Waals surface area (Å²) in [5, 5.41) is 4.21. The molecule has 17 heavy (non-hydrogen) atoms. The smallest absolute Gasteiger partial charge is 0.105 e. The fourth-order valence-electron chi connectivity index (χ4n) is 1.53. The van der Waals surface area contributed by atoms with Gasteiger partial charge in [-0.05, 0) is 24.3 Å². The van der Waals surface area contributed by atoms with Crippen molar-refractivity contribution in [3.05, 3.63) is 46.3 Å². The third-order valence-electron chi connectivity index (χ3n) is 2.32. The van der Waals surface area contributed by atoms with Gasteiger partial charge in [-0.25, -0.2) is 0 Å². The van der Waals surface area contributed by atoms with Crippen molar-refractivity contribution in [2.24, 2.45) is 0 Å². The summed E-state index contributed by atoms with van der Waals surface area (Å²) >= 11 is 12.1. The quantitative estimate of drug-likeness (QED) is 0.831. The highest BCUT2D eigenvalue weighted by molar-refractivity contribution is 6.39. The number of nitrogens with two attached hydrogens (primary N) is 1. The van der Waals surface area contributed by atoms with E-state index < -0.39 is 0 Å². The van der Waals surface area contributed by atoms with Gasteiger partial charge in [0, 0.05) is 18.7 Å². The second-order valence-electron chi connectivity index (χ2n) is 3.62. The summed E-state index contributed by atoms with van der Waals surface area (Å²) in [5.41, 5.74) is 6.88. The maximum absolute atomic E-state index is 6.05. The van der Waals surface area contributed by atoms with Crippen LogP contribution < -0.4 is 11.1 Å². The molecule has 2 aromatic rings. The normalized spacial score (nSPS) is 10.5. The molecular formula is C12H12Cl2N2O. The predicted octanol–water partition coefficient (Wildman–Crippen LogP) is 3.82. The van der Waals surface area contributed by atoms with Gasteiger partial charge in [0.05, 0.1) is 22.0 Å². The van der Waals surface area contributed by atoms with Crippen LogP contribution in [0.2, 0.25) is 10.0 Å². The van der Waals surface area contributed by atoms with Crippen molar-refractivity contribution in [2.45, 2.75) is 6.42 Å². The first-order valence-corrected chi connectivity index (χ1v) is 5.93. The number of nitrogen functional groups attached to an aromatic ring is 1. The molecule has 1 aromatic carbocycles. The van der Waals surface area contributed by atoms with E-state index in [1.807, 2.05) is 12.1 Å². The SMILES string of the molecule is Nc1cc(Cl)c(NCCc2ccco2)c(Cl)c1. The molecule has 5 heteroatoms. The molecule has 90 valence electrons. The van der Waals surface area contributed by atoms with E-state index in [0.29, 0.717) is 28.0 Å². The summed E-state index contributed by atoms with van der Waals surface area (Å²) in [6.45, 7) is 0.691. The Balaban J connectivity index is 1.99. The molecule has 0 bridgehead atoms. The summed E-state index contributed by atoms with van der Waals surface area (Å²) in [7, 11) is 0. The van der Waals surface area contributed by atoms with Gasteiger partial charge in [-0.1, -0.05) is 23.2 Å². The van der Waals surface area contributed by atoms with Crippen molar-refractivity contribution in [2.75, 3.05) is 17.6 Å². The molecule has 0 spiro atoms. The molecule has 0 unspecified atom stereocenters. The van der Waals surface area contributed by atoms with Gasteiger partial charge in [-0.2, -0.15) is 0 Å². The van der Waals surface area contributed by atoms with Crippen molar-refractivity contribution < 1.29 is 4.42 Å². The van der Waals surface area contributed by atoms with Gasteiger partial charge in [0.15, 0.2) is 0 Å². The first kappa shape index (κ1) is 12.1. The first-order valence-electron chi connectivity index (χ1n) is 5.17. The highest BCUT2D eigenvalue weighted by atomic mass is 35.5. The Morgan fingerprint density at radius 3 is 2.53 bits per heavy atom. The summed E-state index contributed by atoms with van der Waals surface area (Å²) in [5.74, 6) is 0.917. The molecular weight excluding hydrogens is 259 g/mol. The van der Waals surface area contributed by atoms with Gasteiger partial charge in [0.1, 0.15) is 5.76 Å². The van der Waals surface area contributed by atoms with Crippen molar-refractivity contribution in [1.29, 1.82) is 0 Å². The number of furan rings is 1. The molecule has 0 amide bonds. The standard InChI is InChI=1S/C12H12Cl2N2O/c13-10-6-8(15)7-11(14)12(10)16-4-3-9-2-1-5-17-9/h1-2,5-7,16H,3-4,15H2. The van der Waals surface area contributed by atoms with E-state index in [4.69, 9.17) is 33.4 Å². The van der Waals surface area contributed by atoms with Crippen LogP contribution in [0.3, 0.4) is 0 Å². The largest absolute Gasteiger partial charge is 0.469 e. The number of halogens is 2. The lowest BCUT2D eigenvalue weighted by Crippen LogP contribution is -2.05. The summed E-state index contributed by atoms with van der Waals surface area (Å²) in [4.78, 5) is 0. The summed E-state index contributed by atoms with van der Waals surface area (Å²) in [6, 6.07) is 7.12. The predicted molar refractivity (Wildman–Crippen MR) is 71.8 cm³/mol. The Morgan fingerprint density at radius 1 is 1.24 bits per heavy atom. The lowest BCUT2D eigenvalue weighted by molar-refractivity contribution is 0.513. The van der Waals surface area contributed by atoms with E-state index in [1.165, 1.54) is 0 Å². The maximum atomic E-state index is 6.05. The van der Waals surface area contributed by atoms with Crippen LogP contribution in [0.1, 0.15) is 5.76 Å². The van der Waals surface area contributed by atoms with Gasteiger partial charge in [-0.3, -0.25) is 0 Å².